The zero-order valence-corrected chi connectivity index (χ0v) is 14.3. The highest BCUT2D eigenvalue weighted by Gasteiger charge is 2.18. The van der Waals surface area contributed by atoms with E-state index in [0.29, 0.717) is 11.4 Å². The fourth-order valence-corrected chi connectivity index (χ4v) is 2.33. The Labute approximate surface area is 142 Å². The SMILES string of the molecule is CC(=O)Oc1cccc(NC(=O)Nc2ccccc2C(C)(C)C)c1. The van der Waals surface area contributed by atoms with Gasteiger partial charge < -0.3 is 15.4 Å². The van der Waals surface area contributed by atoms with Crippen molar-refractivity contribution >= 4 is 23.4 Å². The molecule has 126 valence electrons. The predicted octanol–water partition coefficient (Wildman–Crippen LogP) is 4.55. The molecule has 2 N–H and O–H groups in total. The van der Waals surface area contributed by atoms with Crippen LogP contribution in [0.5, 0.6) is 5.75 Å². The predicted molar refractivity (Wildman–Crippen MR) is 95.5 cm³/mol. The molecule has 2 aromatic carbocycles. The molecule has 0 spiro atoms. The Bertz CT molecular complexity index is 748. The second-order valence-electron chi connectivity index (χ2n) is 6.50. The Morgan fingerprint density at radius 3 is 2.33 bits per heavy atom. The minimum absolute atomic E-state index is 0.0842. The lowest BCUT2D eigenvalue weighted by molar-refractivity contribution is -0.131. The van der Waals surface area contributed by atoms with Crippen LogP contribution >= 0.6 is 0 Å². The summed E-state index contributed by atoms with van der Waals surface area (Å²) in [5.74, 6) is -0.0221. The fraction of sp³-hybridized carbons (Fsp3) is 0.263. The number of benzene rings is 2. The number of anilines is 2. The average Bonchev–Trinajstić information content (AvgIpc) is 2.46. The van der Waals surface area contributed by atoms with Gasteiger partial charge in [-0.1, -0.05) is 45.0 Å². The molecule has 0 aliphatic carbocycles. The number of carbonyl (C=O) groups is 2. The topological polar surface area (TPSA) is 67.4 Å². The van der Waals surface area contributed by atoms with E-state index in [2.05, 4.69) is 31.4 Å². The third-order valence-corrected chi connectivity index (χ3v) is 3.34. The van der Waals surface area contributed by atoms with Crippen LogP contribution < -0.4 is 15.4 Å². The maximum Gasteiger partial charge on any atom is 0.323 e. The monoisotopic (exact) mass is 326 g/mol. The zero-order valence-electron chi connectivity index (χ0n) is 14.3. The molecule has 0 aromatic heterocycles. The molecule has 0 saturated carbocycles. The lowest BCUT2D eigenvalue weighted by Gasteiger charge is -2.23. The molecule has 2 rings (SSSR count). The van der Waals surface area contributed by atoms with Gasteiger partial charge in [-0.2, -0.15) is 0 Å². The molecule has 0 bridgehead atoms. The highest BCUT2D eigenvalue weighted by atomic mass is 16.5. The van der Waals surface area contributed by atoms with Gasteiger partial charge in [0.1, 0.15) is 5.75 Å². The maximum atomic E-state index is 12.3. The van der Waals surface area contributed by atoms with Crippen molar-refractivity contribution in [1.29, 1.82) is 0 Å². The molecule has 0 heterocycles. The van der Waals surface area contributed by atoms with Gasteiger partial charge in [-0.15, -0.1) is 0 Å². The minimum atomic E-state index is -0.407. The molecule has 0 saturated heterocycles. The van der Waals surface area contributed by atoms with Crippen LogP contribution in [0.15, 0.2) is 48.5 Å². The highest BCUT2D eigenvalue weighted by molar-refractivity contribution is 6.00. The number of ether oxygens (including phenoxy) is 1. The second kappa shape index (κ2) is 7.17. The van der Waals surface area contributed by atoms with Crippen molar-refractivity contribution in [1.82, 2.24) is 0 Å². The van der Waals surface area contributed by atoms with E-state index in [9.17, 15) is 9.59 Å². The van der Waals surface area contributed by atoms with Gasteiger partial charge in [0.2, 0.25) is 0 Å². The van der Waals surface area contributed by atoms with Crippen molar-refractivity contribution < 1.29 is 14.3 Å². The summed E-state index contributed by atoms with van der Waals surface area (Å²) in [5.41, 5.74) is 2.27. The Kier molecular flexibility index (Phi) is 5.24. The largest absolute Gasteiger partial charge is 0.427 e. The van der Waals surface area contributed by atoms with Crippen molar-refractivity contribution in [3.8, 4) is 5.75 Å². The van der Waals surface area contributed by atoms with Crippen LogP contribution in [0, 0.1) is 0 Å². The average molecular weight is 326 g/mol. The van der Waals surface area contributed by atoms with Gasteiger partial charge >= 0.3 is 12.0 Å². The fourth-order valence-electron chi connectivity index (χ4n) is 2.33. The van der Waals surface area contributed by atoms with E-state index >= 15 is 0 Å². The lowest BCUT2D eigenvalue weighted by Crippen LogP contribution is -2.22. The highest BCUT2D eigenvalue weighted by Crippen LogP contribution is 2.29. The molecule has 0 radical (unpaired) electrons. The standard InChI is InChI=1S/C19H22N2O3/c1-13(22)24-15-9-7-8-14(12-15)20-18(23)21-17-11-6-5-10-16(17)19(2,3)4/h5-12H,1-4H3,(H2,20,21,23). The summed E-state index contributed by atoms with van der Waals surface area (Å²) < 4.78 is 5.01. The number of carbonyl (C=O) groups excluding carboxylic acids is 2. The molecular formula is C19H22N2O3. The van der Waals surface area contributed by atoms with Crippen molar-refractivity contribution in [2.45, 2.75) is 33.1 Å². The first-order valence-corrected chi connectivity index (χ1v) is 7.72. The van der Waals surface area contributed by atoms with Crippen molar-refractivity contribution in [2.24, 2.45) is 0 Å². The minimum Gasteiger partial charge on any atom is -0.427 e. The van der Waals surface area contributed by atoms with Crippen LogP contribution in [0.2, 0.25) is 0 Å². The van der Waals surface area contributed by atoms with Gasteiger partial charge in [0.15, 0.2) is 0 Å². The maximum absolute atomic E-state index is 12.3. The van der Waals surface area contributed by atoms with Gasteiger partial charge in [0, 0.05) is 24.4 Å². The quantitative estimate of drug-likeness (QED) is 0.642. The summed E-state index contributed by atoms with van der Waals surface area (Å²) in [6.07, 6.45) is 0. The van der Waals surface area contributed by atoms with E-state index in [1.54, 1.807) is 24.3 Å². The normalized spacial score (nSPS) is 10.8. The Hall–Kier alpha value is -2.82. The van der Waals surface area contributed by atoms with Crippen LogP contribution in [-0.2, 0) is 10.2 Å². The van der Waals surface area contributed by atoms with Crippen LogP contribution in [0.25, 0.3) is 0 Å². The first-order valence-electron chi connectivity index (χ1n) is 7.72. The number of rotatable bonds is 3. The summed E-state index contributed by atoms with van der Waals surface area (Å²) in [7, 11) is 0. The molecule has 2 aromatic rings. The van der Waals surface area contributed by atoms with E-state index < -0.39 is 5.97 Å². The molecule has 24 heavy (non-hydrogen) atoms. The number of hydrogen-bond acceptors (Lipinski definition) is 3. The van der Waals surface area contributed by atoms with E-state index in [4.69, 9.17) is 4.74 Å². The van der Waals surface area contributed by atoms with Crippen LogP contribution in [0.1, 0.15) is 33.3 Å². The Balaban J connectivity index is 2.11. The van der Waals surface area contributed by atoms with Crippen molar-refractivity contribution in [2.75, 3.05) is 10.6 Å². The number of para-hydroxylation sites is 1. The third-order valence-electron chi connectivity index (χ3n) is 3.34. The molecule has 0 unspecified atom stereocenters. The van der Waals surface area contributed by atoms with Gasteiger partial charge in [-0.05, 0) is 29.2 Å². The third kappa shape index (κ3) is 4.84. The number of urea groups is 1. The van der Waals surface area contributed by atoms with Gasteiger partial charge in [-0.3, -0.25) is 4.79 Å². The summed E-state index contributed by atoms with van der Waals surface area (Å²) in [5, 5.41) is 5.61. The first kappa shape index (κ1) is 17.5. The Morgan fingerprint density at radius 1 is 0.958 bits per heavy atom. The lowest BCUT2D eigenvalue weighted by atomic mass is 9.86. The first-order chi connectivity index (χ1) is 11.3. The smallest absolute Gasteiger partial charge is 0.323 e. The summed E-state index contributed by atoms with van der Waals surface area (Å²) >= 11 is 0. The Morgan fingerprint density at radius 2 is 1.67 bits per heavy atom. The van der Waals surface area contributed by atoms with Gasteiger partial charge in [-0.25, -0.2) is 4.79 Å². The molecular weight excluding hydrogens is 304 g/mol. The summed E-state index contributed by atoms with van der Waals surface area (Å²) in [6.45, 7) is 7.60. The van der Waals surface area contributed by atoms with E-state index in [1.807, 2.05) is 24.3 Å². The molecule has 0 aliphatic rings. The second-order valence-corrected chi connectivity index (χ2v) is 6.50. The number of amides is 2. The molecule has 5 nitrogen and oxygen atoms in total. The van der Waals surface area contributed by atoms with Crippen LogP contribution in [0.3, 0.4) is 0 Å². The van der Waals surface area contributed by atoms with Gasteiger partial charge in [0.05, 0.1) is 0 Å². The molecule has 5 heteroatoms. The summed E-state index contributed by atoms with van der Waals surface area (Å²) in [4.78, 5) is 23.3. The van der Waals surface area contributed by atoms with Gasteiger partial charge in [0.25, 0.3) is 0 Å². The summed E-state index contributed by atoms with van der Waals surface area (Å²) in [6, 6.07) is 14.0. The molecule has 0 atom stereocenters. The van der Waals surface area contributed by atoms with Crippen molar-refractivity contribution in [3.63, 3.8) is 0 Å². The zero-order chi connectivity index (χ0) is 17.7. The number of esters is 1. The molecule has 0 aliphatic heterocycles. The van der Waals surface area contributed by atoms with Crippen LogP contribution in [-0.4, -0.2) is 12.0 Å². The molecule has 0 fully saturated rings. The number of hydrogen-bond donors (Lipinski definition) is 2. The van der Waals surface area contributed by atoms with E-state index in [-0.39, 0.29) is 11.4 Å². The van der Waals surface area contributed by atoms with Crippen molar-refractivity contribution in [3.05, 3.63) is 54.1 Å². The molecule has 2 amide bonds. The van der Waals surface area contributed by atoms with E-state index in [1.165, 1.54) is 6.92 Å². The number of nitrogens with one attached hydrogen (secondary N) is 2. The van der Waals surface area contributed by atoms with E-state index in [0.717, 1.165) is 11.3 Å². The van der Waals surface area contributed by atoms with Crippen LogP contribution in [0.4, 0.5) is 16.2 Å².